The van der Waals surface area contributed by atoms with Gasteiger partial charge in [-0.2, -0.15) is 0 Å². The van der Waals surface area contributed by atoms with Crippen molar-refractivity contribution in [3.63, 3.8) is 0 Å². The molecule has 4 aliphatic rings. The number of hydrogen-bond donors (Lipinski definition) is 3. The molecular formula is C117H94F4N12O2. The molecule has 0 saturated carbocycles. The Hall–Kier alpha value is -16.5. The molecule has 0 bridgehead atoms. The predicted molar refractivity (Wildman–Crippen MR) is 540 cm³/mol. The van der Waals surface area contributed by atoms with Crippen molar-refractivity contribution in [1.82, 2.24) is 29.9 Å². The number of hydrogen-bond acceptors (Lipinski definition) is 14. The summed E-state index contributed by atoms with van der Waals surface area (Å²) in [5, 5.41) is 18.7. The van der Waals surface area contributed by atoms with E-state index in [1.165, 1.54) is 104 Å². The van der Waals surface area contributed by atoms with Crippen LogP contribution in [0.4, 0.5) is 28.9 Å². The third-order valence-corrected chi connectivity index (χ3v) is 23.7. The molecule has 4 N–H and O–H groups in total. The van der Waals surface area contributed by atoms with Crippen LogP contribution in [0.2, 0.25) is 0 Å². The normalized spacial score (nSPS) is 11.8. The fourth-order valence-electron chi connectivity index (χ4n) is 16.7. The van der Waals surface area contributed by atoms with E-state index in [1.54, 1.807) is 73.3 Å². The molecule has 18 heteroatoms. The molecule has 4 aliphatic heterocycles. The highest BCUT2D eigenvalue weighted by Gasteiger charge is 2.21. The van der Waals surface area contributed by atoms with E-state index in [-0.39, 0.29) is 36.2 Å². The van der Waals surface area contributed by atoms with Crippen molar-refractivity contribution in [3.05, 3.63) is 454 Å². The van der Waals surface area contributed by atoms with Gasteiger partial charge in [0.1, 0.15) is 23.3 Å². The highest BCUT2D eigenvalue weighted by Crippen LogP contribution is 2.41. The molecule has 135 heavy (non-hydrogen) atoms. The lowest BCUT2D eigenvalue weighted by Gasteiger charge is -2.17. The van der Waals surface area contributed by atoms with Gasteiger partial charge in [0.05, 0.1) is 73.6 Å². The van der Waals surface area contributed by atoms with E-state index in [9.17, 15) is 27.8 Å². The van der Waals surface area contributed by atoms with Crippen LogP contribution in [-0.2, 0) is 39.4 Å². The molecular weight excluding hydrogens is 1680 g/mol. The third-order valence-electron chi connectivity index (χ3n) is 23.7. The summed E-state index contributed by atoms with van der Waals surface area (Å²) in [7, 11) is 4.14. The first kappa shape index (κ1) is 90.4. The maximum atomic E-state index is 13.7. The van der Waals surface area contributed by atoms with Crippen molar-refractivity contribution in [2.75, 3.05) is 24.7 Å². The molecule has 0 aliphatic carbocycles. The SMILES string of the molecule is Cc1cc(-c2ncccc2-c2ccc3c(c2)C=NC3)ccc1N.Cc1cc(-c2ncccc2-c2ccc3c(c2)C=NC3)ccc1N(C)C.Cc1cccc(-c2ncccc2-c2ccc(F)cc2)c1.Fc1ccc(-c2cccnc2-c2ccc(F)cc2)cc1.OCc1cc(-c2ncccc2-c2ccc3c(c2)C=NC3)ccc1F.OCc1cccc(-c2ncccc2-c2ccc3c(c2)C=NC3)c1. The van der Waals surface area contributed by atoms with E-state index in [0.29, 0.717) is 0 Å². The van der Waals surface area contributed by atoms with Crippen molar-refractivity contribution < 1.29 is 27.8 Å². The average Bonchev–Trinajstić information content (AvgIpc) is 1.79. The fraction of sp³-hybridized carbons (Fsp3) is 0.0940. The monoisotopic (exact) mass is 1770 g/mol. The number of rotatable bonds is 15. The summed E-state index contributed by atoms with van der Waals surface area (Å²) < 4.78 is 52.7. The number of anilines is 2. The maximum absolute atomic E-state index is 13.7. The lowest BCUT2D eigenvalue weighted by Crippen LogP contribution is -2.10. The number of pyridine rings is 6. The minimum atomic E-state index is -0.410. The van der Waals surface area contributed by atoms with Gasteiger partial charge in [0.15, 0.2) is 0 Å². The number of nitrogen functional groups attached to an aromatic ring is 1. The molecule has 0 fully saturated rings. The number of aliphatic hydroxyl groups is 2. The topological polar surface area (TPSA) is 196 Å². The first-order valence-electron chi connectivity index (χ1n) is 44.3. The molecule has 10 heterocycles. The Labute approximate surface area is 782 Å². The van der Waals surface area contributed by atoms with Crippen LogP contribution in [0.15, 0.2) is 379 Å². The number of aliphatic imine (C=N–C) groups is 4. The molecule has 6 aromatic heterocycles. The summed E-state index contributed by atoms with van der Waals surface area (Å²) in [5.41, 5.74) is 46.3. The second-order valence-corrected chi connectivity index (χ2v) is 33.1. The number of aryl methyl sites for hydroxylation is 3. The van der Waals surface area contributed by atoms with Crippen molar-refractivity contribution >= 4 is 36.2 Å². The zero-order chi connectivity index (χ0) is 93.3. The number of aromatic nitrogens is 6. The molecule has 0 amide bonds. The molecule has 12 aromatic carbocycles. The number of fused-ring (bicyclic) bond motifs is 4. The molecule has 0 unspecified atom stereocenters. The van der Waals surface area contributed by atoms with Gasteiger partial charge in [-0.05, 0) is 279 Å². The van der Waals surface area contributed by atoms with Gasteiger partial charge in [-0.15, -0.1) is 0 Å². The van der Waals surface area contributed by atoms with Crippen LogP contribution in [0, 0.1) is 44.0 Å². The second kappa shape index (κ2) is 42.1. The standard InChI is InChI=1S/C22H21N3.C20H15FN2O.C20H17N3.C20H16N2O.C18H14FN.C17H11F2N/c1-15-11-17(8-9-21(15)25(2)3)22-20(5-4-10-24-22)16-6-7-18-13-23-14-19(18)12-16;21-19-6-5-14(9-17(19)12-24)20-18(2-1-7-23-20)13-3-4-15-10-22-11-16(15)8-13;1-13-9-15(6-7-19(13)21)20-18(3-2-8-23-20)14-4-5-16-11-22-12-17(16)10-14;23-13-14-3-1-4-16(9-14)20-19(5-2-8-22-20)15-6-7-17-11-21-12-18(17)10-15;1-13-4-2-5-15(12-13)18-17(6-3-11-20-18)14-7-9-16(19)10-8-14;18-14-7-3-12(4-8-14)16-2-1-11-20-17(16)13-5-9-15(19)10-6-13/h4-12,14H,13H2,1-3H3;1-9,11,24H,10,12H2;2-10,12H,11,21H2,1H3;1-10,12,23H,11,13H2;2-12H,1H3;1-11H. The highest BCUT2D eigenvalue weighted by atomic mass is 19.1. The molecule has 0 saturated heterocycles. The Morgan fingerprint density at radius 3 is 0.948 bits per heavy atom. The number of nitrogens with two attached hydrogens (primary N) is 1. The lowest BCUT2D eigenvalue weighted by molar-refractivity contribution is 0.276. The van der Waals surface area contributed by atoms with Crippen LogP contribution in [0.5, 0.6) is 0 Å². The quantitative estimate of drug-likeness (QED) is 0.0656. The number of nitrogens with zero attached hydrogens (tertiary/aromatic N) is 11. The Balaban J connectivity index is 0.000000113. The van der Waals surface area contributed by atoms with Crippen LogP contribution in [0.1, 0.15) is 72.3 Å². The first-order chi connectivity index (χ1) is 65.9. The second-order valence-electron chi connectivity index (χ2n) is 33.1. The van der Waals surface area contributed by atoms with Crippen LogP contribution >= 0.6 is 0 Å². The molecule has 0 spiro atoms. The fourth-order valence-corrected chi connectivity index (χ4v) is 16.7. The summed E-state index contributed by atoms with van der Waals surface area (Å²) in [6.07, 6.45) is 18.4. The van der Waals surface area contributed by atoms with Gasteiger partial charge >= 0.3 is 0 Å². The largest absolute Gasteiger partial charge is 0.399 e. The Kier molecular flexibility index (Phi) is 28.2. The van der Waals surface area contributed by atoms with E-state index >= 15 is 0 Å². The summed E-state index contributed by atoms with van der Waals surface area (Å²) in [6, 6.07) is 102. The number of halogens is 4. The zero-order valence-corrected chi connectivity index (χ0v) is 75.0. The van der Waals surface area contributed by atoms with E-state index in [1.807, 2.05) is 147 Å². The van der Waals surface area contributed by atoms with Crippen molar-refractivity contribution in [2.45, 2.75) is 60.2 Å². The van der Waals surface area contributed by atoms with Crippen molar-refractivity contribution in [2.24, 2.45) is 20.0 Å². The van der Waals surface area contributed by atoms with Gasteiger partial charge < -0.3 is 20.8 Å². The molecule has 18 aromatic rings. The van der Waals surface area contributed by atoms with Gasteiger partial charge in [0.25, 0.3) is 0 Å². The molecule has 0 radical (unpaired) electrons. The maximum Gasteiger partial charge on any atom is 0.128 e. The molecule has 14 nitrogen and oxygen atoms in total. The molecule has 662 valence electrons. The van der Waals surface area contributed by atoms with Gasteiger partial charge in [0.2, 0.25) is 0 Å². The van der Waals surface area contributed by atoms with Gasteiger partial charge in [-0.25, -0.2) is 17.6 Å². The summed E-state index contributed by atoms with van der Waals surface area (Å²) in [5.74, 6) is -1.20. The summed E-state index contributed by atoms with van der Waals surface area (Å²) >= 11 is 0. The minimum Gasteiger partial charge on any atom is -0.399 e. The summed E-state index contributed by atoms with van der Waals surface area (Å²) in [6.45, 7) is 9.00. The summed E-state index contributed by atoms with van der Waals surface area (Å²) in [4.78, 5) is 46.7. The van der Waals surface area contributed by atoms with Crippen LogP contribution < -0.4 is 10.6 Å². The van der Waals surface area contributed by atoms with Crippen molar-refractivity contribution in [3.8, 4) is 134 Å². The van der Waals surface area contributed by atoms with Gasteiger partial charge in [-0.1, -0.05) is 163 Å². The van der Waals surface area contributed by atoms with E-state index < -0.39 is 5.82 Å². The predicted octanol–water partition coefficient (Wildman–Crippen LogP) is 26.3. The van der Waals surface area contributed by atoms with Crippen molar-refractivity contribution in [1.29, 1.82) is 0 Å². The van der Waals surface area contributed by atoms with E-state index in [0.717, 1.165) is 177 Å². The van der Waals surface area contributed by atoms with Gasteiger partial charge in [-0.3, -0.25) is 49.9 Å². The lowest BCUT2D eigenvalue weighted by atomic mass is 9.95. The van der Waals surface area contributed by atoms with Crippen LogP contribution in [0.25, 0.3) is 134 Å². The third kappa shape index (κ3) is 21.4. The molecule has 0 atom stereocenters. The Bertz CT molecular complexity index is 7420. The molecule has 22 rings (SSSR count). The highest BCUT2D eigenvalue weighted by molar-refractivity contribution is 5.94. The smallest absolute Gasteiger partial charge is 0.128 e. The Morgan fingerprint density at radius 1 is 0.281 bits per heavy atom. The average molecular weight is 1780 g/mol. The van der Waals surface area contributed by atoms with E-state index in [4.69, 9.17) is 5.73 Å². The zero-order valence-electron chi connectivity index (χ0n) is 75.0. The van der Waals surface area contributed by atoms with Crippen LogP contribution in [0.3, 0.4) is 0 Å². The van der Waals surface area contributed by atoms with Gasteiger partial charge in [0, 0.05) is 160 Å². The number of benzene rings is 12. The van der Waals surface area contributed by atoms with E-state index in [2.05, 4.69) is 210 Å². The number of aliphatic hydroxyl groups excluding tert-OH is 2. The minimum absolute atomic E-state index is 0.0331. The first-order valence-corrected chi connectivity index (χ1v) is 44.3. The van der Waals surface area contributed by atoms with Crippen LogP contribution in [-0.4, -0.2) is 79.1 Å². The Morgan fingerprint density at radius 2 is 0.593 bits per heavy atom.